The van der Waals surface area contributed by atoms with E-state index in [-0.39, 0.29) is 5.41 Å². The summed E-state index contributed by atoms with van der Waals surface area (Å²) in [6, 6.07) is 2.04. The minimum absolute atomic E-state index is 0.255. The first-order valence-corrected chi connectivity index (χ1v) is 4.68. The molecule has 0 aliphatic carbocycles. The highest BCUT2D eigenvalue weighted by atomic mass is 15.3. The van der Waals surface area contributed by atoms with Crippen LogP contribution >= 0.6 is 0 Å². The van der Waals surface area contributed by atoms with Gasteiger partial charge >= 0.3 is 0 Å². The van der Waals surface area contributed by atoms with Gasteiger partial charge in [0, 0.05) is 25.0 Å². The zero-order chi connectivity index (χ0) is 9.90. The quantitative estimate of drug-likeness (QED) is 0.761. The standard InChI is InChI=1S/C10H19N3/c1-9-5-6-12-13(9)8-10(2,3)7-11-4/h5-6,11H,7-8H2,1-4H3. The fraction of sp³-hybridized carbons (Fsp3) is 0.700. The fourth-order valence-corrected chi connectivity index (χ4v) is 1.50. The molecule has 0 fully saturated rings. The topological polar surface area (TPSA) is 29.9 Å². The number of hydrogen-bond acceptors (Lipinski definition) is 2. The summed E-state index contributed by atoms with van der Waals surface area (Å²) in [4.78, 5) is 0. The minimum atomic E-state index is 0.255. The predicted molar refractivity (Wildman–Crippen MR) is 54.7 cm³/mol. The summed E-state index contributed by atoms with van der Waals surface area (Å²) in [6.07, 6.45) is 1.85. The molecule has 0 aliphatic heterocycles. The van der Waals surface area contributed by atoms with Gasteiger partial charge < -0.3 is 5.32 Å². The molecule has 0 unspecified atom stereocenters. The lowest BCUT2D eigenvalue weighted by atomic mass is 9.93. The molecule has 0 amide bonds. The van der Waals surface area contributed by atoms with Crippen molar-refractivity contribution < 1.29 is 0 Å². The van der Waals surface area contributed by atoms with Crippen LogP contribution in [0.1, 0.15) is 19.5 Å². The Kier molecular flexibility index (Phi) is 3.09. The van der Waals surface area contributed by atoms with Crippen LogP contribution in [0.2, 0.25) is 0 Å². The molecule has 3 nitrogen and oxygen atoms in total. The molecule has 0 radical (unpaired) electrons. The van der Waals surface area contributed by atoms with E-state index in [1.165, 1.54) is 5.69 Å². The Morgan fingerprint density at radius 1 is 1.54 bits per heavy atom. The summed E-state index contributed by atoms with van der Waals surface area (Å²) in [7, 11) is 1.98. The van der Waals surface area contributed by atoms with E-state index in [1.54, 1.807) is 0 Å². The lowest BCUT2D eigenvalue weighted by Crippen LogP contribution is -2.31. The second-order valence-electron chi connectivity index (χ2n) is 4.32. The number of nitrogens with zero attached hydrogens (tertiary/aromatic N) is 2. The van der Waals surface area contributed by atoms with Gasteiger partial charge in [-0.1, -0.05) is 13.8 Å². The molecule has 1 aromatic rings. The third kappa shape index (κ3) is 2.84. The van der Waals surface area contributed by atoms with Gasteiger partial charge in [0.05, 0.1) is 0 Å². The summed E-state index contributed by atoms with van der Waals surface area (Å²) < 4.78 is 2.05. The SMILES string of the molecule is CNCC(C)(C)Cn1nccc1C. The maximum Gasteiger partial charge on any atom is 0.0492 e. The Balaban J connectivity index is 2.63. The van der Waals surface area contributed by atoms with Crippen molar-refractivity contribution in [3.8, 4) is 0 Å². The molecule has 1 aromatic heterocycles. The Morgan fingerprint density at radius 2 is 2.23 bits per heavy atom. The highest BCUT2D eigenvalue weighted by Gasteiger charge is 2.18. The number of hydrogen-bond donors (Lipinski definition) is 1. The van der Waals surface area contributed by atoms with Crippen molar-refractivity contribution in [2.24, 2.45) is 5.41 Å². The van der Waals surface area contributed by atoms with Crippen LogP contribution in [-0.4, -0.2) is 23.4 Å². The monoisotopic (exact) mass is 181 g/mol. The van der Waals surface area contributed by atoms with E-state index in [2.05, 4.69) is 35.9 Å². The third-order valence-electron chi connectivity index (χ3n) is 2.16. The second kappa shape index (κ2) is 3.92. The molecule has 0 aromatic carbocycles. The largest absolute Gasteiger partial charge is 0.319 e. The minimum Gasteiger partial charge on any atom is -0.319 e. The van der Waals surface area contributed by atoms with Gasteiger partial charge in [-0.3, -0.25) is 4.68 Å². The van der Waals surface area contributed by atoms with Crippen LogP contribution in [0.4, 0.5) is 0 Å². The van der Waals surface area contributed by atoms with Gasteiger partial charge in [-0.25, -0.2) is 0 Å². The molecule has 0 saturated heterocycles. The van der Waals surface area contributed by atoms with Gasteiger partial charge in [0.15, 0.2) is 0 Å². The Bertz CT molecular complexity index is 263. The van der Waals surface area contributed by atoms with Crippen molar-refractivity contribution in [1.82, 2.24) is 15.1 Å². The van der Waals surface area contributed by atoms with Crippen LogP contribution in [0.25, 0.3) is 0 Å². The Hall–Kier alpha value is -0.830. The van der Waals surface area contributed by atoms with Crippen LogP contribution in [-0.2, 0) is 6.54 Å². The number of aromatic nitrogens is 2. The second-order valence-corrected chi connectivity index (χ2v) is 4.32. The van der Waals surface area contributed by atoms with Crippen molar-refractivity contribution in [3.63, 3.8) is 0 Å². The molecule has 0 atom stereocenters. The van der Waals surface area contributed by atoms with Crippen LogP contribution in [0.3, 0.4) is 0 Å². The van der Waals surface area contributed by atoms with Gasteiger partial charge in [0.2, 0.25) is 0 Å². The number of rotatable bonds is 4. The van der Waals surface area contributed by atoms with Crippen molar-refractivity contribution in [2.75, 3.05) is 13.6 Å². The normalized spacial score (nSPS) is 12.0. The van der Waals surface area contributed by atoms with Crippen LogP contribution in [0.5, 0.6) is 0 Å². The van der Waals surface area contributed by atoms with E-state index in [1.807, 2.05) is 19.3 Å². The molecule has 0 aliphatic rings. The number of nitrogens with one attached hydrogen (secondary N) is 1. The summed E-state index contributed by atoms with van der Waals surface area (Å²) in [5.74, 6) is 0. The smallest absolute Gasteiger partial charge is 0.0492 e. The summed E-state index contributed by atoms with van der Waals surface area (Å²) in [5, 5.41) is 7.47. The maximum atomic E-state index is 4.27. The lowest BCUT2D eigenvalue weighted by molar-refractivity contribution is 0.281. The van der Waals surface area contributed by atoms with Crippen molar-refractivity contribution in [2.45, 2.75) is 27.3 Å². The van der Waals surface area contributed by atoms with E-state index >= 15 is 0 Å². The summed E-state index contributed by atoms with van der Waals surface area (Å²) >= 11 is 0. The van der Waals surface area contributed by atoms with Crippen molar-refractivity contribution in [1.29, 1.82) is 0 Å². The maximum absolute atomic E-state index is 4.27. The van der Waals surface area contributed by atoms with Gasteiger partial charge in [-0.2, -0.15) is 5.10 Å². The summed E-state index contributed by atoms with van der Waals surface area (Å²) in [5.41, 5.74) is 1.48. The molecule has 1 heterocycles. The Morgan fingerprint density at radius 3 is 2.69 bits per heavy atom. The molecule has 74 valence electrons. The van der Waals surface area contributed by atoms with Crippen LogP contribution in [0.15, 0.2) is 12.3 Å². The van der Waals surface area contributed by atoms with Gasteiger partial charge in [0.25, 0.3) is 0 Å². The number of aryl methyl sites for hydroxylation is 1. The molecular weight excluding hydrogens is 162 g/mol. The summed E-state index contributed by atoms with van der Waals surface area (Å²) in [6.45, 7) is 8.54. The van der Waals surface area contributed by atoms with E-state index in [9.17, 15) is 0 Å². The van der Waals surface area contributed by atoms with Crippen molar-refractivity contribution >= 4 is 0 Å². The van der Waals surface area contributed by atoms with Gasteiger partial charge in [0.1, 0.15) is 0 Å². The fourth-order valence-electron chi connectivity index (χ4n) is 1.50. The first kappa shape index (κ1) is 10.3. The molecule has 0 bridgehead atoms. The van der Waals surface area contributed by atoms with Gasteiger partial charge in [-0.15, -0.1) is 0 Å². The third-order valence-corrected chi connectivity index (χ3v) is 2.16. The first-order chi connectivity index (χ1) is 6.05. The van der Waals surface area contributed by atoms with Crippen molar-refractivity contribution in [3.05, 3.63) is 18.0 Å². The van der Waals surface area contributed by atoms with Crippen LogP contribution < -0.4 is 5.32 Å². The molecule has 1 N–H and O–H groups in total. The zero-order valence-electron chi connectivity index (χ0n) is 8.96. The lowest BCUT2D eigenvalue weighted by Gasteiger charge is -2.24. The highest BCUT2D eigenvalue weighted by molar-refractivity contribution is 4.97. The molecule has 13 heavy (non-hydrogen) atoms. The van der Waals surface area contributed by atoms with E-state index in [0.29, 0.717) is 0 Å². The zero-order valence-corrected chi connectivity index (χ0v) is 8.96. The first-order valence-electron chi connectivity index (χ1n) is 4.68. The van der Waals surface area contributed by atoms with Gasteiger partial charge in [-0.05, 0) is 25.5 Å². The van der Waals surface area contributed by atoms with Crippen LogP contribution in [0, 0.1) is 12.3 Å². The molecule has 0 saturated carbocycles. The average molecular weight is 181 g/mol. The molecule has 1 rings (SSSR count). The Labute approximate surface area is 80.1 Å². The average Bonchev–Trinajstić information content (AvgIpc) is 2.35. The molecular formula is C10H19N3. The highest BCUT2D eigenvalue weighted by Crippen LogP contribution is 2.16. The van der Waals surface area contributed by atoms with E-state index in [0.717, 1.165) is 13.1 Å². The molecule has 3 heteroatoms. The van der Waals surface area contributed by atoms with E-state index in [4.69, 9.17) is 0 Å². The van der Waals surface area contributed by atoms with E-state index < -0.39 is 0 Å². The molecule has 0 spiro atoms. The predicted octanol–water partition coefficient (Wildman–Crippen LogP) is 1.44.